The molecule has 0 fully saturated rings. The van der Waals surface area contributed by atoms with Crippen LogP contribution in [0.3, 0.4) is 0 Å². The number of halogens is 13. The van der Waals surface area contributed by atoms with Crippen LogP contribution in [0.1, 0.15) is 0 Å². The summed E-state index contributed by atoms with van der Waals surface area (Å²) >= 11 is 0. The van der Waals surface area contributed by atoms with E-state index in [4.69, 9.17) is 0 Å². The number of amides is 1. The fraction of sp³-hybridized carbons (Fsp3) is 0.417. The van der Waals surface area contributed by atoms with E-state index in [0.29, 0.717) is 23.5 Å². The highest BCUT2D eigenvalue weighted by Crippen LogP contribution is 2.51. The van der Waals surface area contributed by atoms with Crippen molar-refractivity contribution in [2.75, 3.05) is 5.32 Å². The minimum atomic E-state index is -7.38. The first-order valence-electron chi connectivity index (χ1n) is 6.31. The fourth-order valence-corrected chi connectivity index (χ4v) is 1.45. The van der Waals surface area contributed by atoms with E-state index in [1.54, 1.807) is 0 Å². The van der Waals surface area contributed by atoms with Crippen molar-refractivity contribution in [3.8, 4) is 0 Å². The predicted molar refractivity (Wildman–Crippen MR) is 61.9 cm³/mol. The average Bonchev–Trinajstić information content (AvgIpc) is 2.47. The maximum Gasteiger partial charge on any atom is 0.462 e. The number of alkyl halides is 11. The quantitative estimate of drug-likeness (QED) is 0.658. The van der Waals surface area contributed by atoms with Crippen molar-refractivity contribution in [1.29, 1.82) is 0 Å². The summed E-state index contributed by atoms with van der Waals surface area (Å²) in [6.45, 7) is 0. The summed E-state index contributed by atoms with van der Waals surface area (Å²) in [7, 11) is 0. The Kier molecular flexibility index (Phi) is 5.92. The Bertz CT molecular complexity index is 722. The molecule has 1 aromatic carbocycles. The molecule has 0 spiro atoms. The van der Waals surface area contributed by atoms with Gasteiger partial charge in [-0.1, -0.05) is 6.07 Å². The molecule has 16 heteroatoms. The molecule has 1 N–H and O–H groups in total. The molecule has 0 aliphatic heterocycles. The summed E-state index contributed by atoms with van der Waals surface area (Å²) < 4.78 is 168. The Morgan fingerprint density at radius 3 is 1.57 bits per heavy atom. The monoisotopic (exact) mass is 441 g/mol. The summed E-state index contributed by atoms with van der Waals surface area (Å²) in [5, 5.41) is 0.470. The first kappa shape index (κ1) is 23.8. The summed E-state index contributed by atoms with van der Waals surface area (Å²) in [6, 6.07) is 1.18. The van der Waals surface area contributed by atoms with Gasteiger partial charge in [0.1, 0.15) is 17.3 Å². The highest BCUT2D eigenvalue weighted by Gasteiger charge is 2.79. The molecule has 0 aliphatic carbocycles. The van der Waals surface area contributed by atoms with Gasteiger partial charge in [0.25, 0.3) is 5.91 Å². The molecule has 3 nitrogen and oxygen atoms in total. The van der Waals surface area contributed by atoms with Gasteiger partial charge >= 0.3 is 30.2 Å². The van der Waals surface area contributed by atoms with Crippen LogP contribution in [-0.4, -0.2) is 36.1 Å². The highest BCUT2D eigenvalue weighted by atomic mass is 19.4. The van der Waals surface area contributed by atoms with Crippen LogP contribution in [0.4, 0.5) is 62.8 Å². The Morgan fingerprint density at radius 2 is 1.21 bits per heavy atom. The number of ether oxygens (including phenoxy) is 1. The number of hydrogen-bond donors (Lipinski definition) is 1. The normalized spacial score (nSPS) is 15.9. The van der Waals surface area contributed by atoms with Crippen molar-refractivity contribution in [3.05, 3.63) is 29.8 Å². The SMILES string of the molecule is O=C(Nc1c(F)cccc1F)[C@](F)(OC(F)(F)C(F)(F)C(F)(F)F)C(F)(F)F. The Morgan fingerprint density at radius 1 is 0.786 bits per heavy atom. The summed E-state index contributed by atoms with van der Waals surface area (Å²) in [4.78, 5) is 11.3. The van der Waals surface area contributed by atoms with E-state index in [1.807, 2.05) is 4.74 Å². The number of carbonyl (C=O) groups is 1. The molecule has 1 rings (SSSR count). The molecule has 0 heterocycles. The molecular formula is C12H4F13NO2. The average molecular weight is 441 g/mol. The van der Waals surface area contributed by atoms with Crippen LogP contribution in [0.15, 0.2) is 18.2 Å². The lowest BCUT2D eigenvalue weighted by molar-refractivity contribution is -0.472. The topological polar surface area (TPSA) is 38.3 Å². The lowest BCUT2D eigenvalue weighted by Gasteiger charge is -2.34. The number of hydrogen-bond acceptors (Lipinski definition) is 2. The number of carbonyl (C=O) groups excluding carboxylic acids is 1. The van der Waals surface area contributed by atoms with Crippen LogP contribution < -0.4 is 5.32 Å². The second-order valence-electron chi connectivity index (χ2n) is 4.83. The zero-order chi connectivity index (χ0) is 22.3. The number of rotatable bonds is 5. The summed E-state index contributed by atoms with van der Waals surface area (Å²) in [5.41, 5.74) is -1.85. The Labute approximate surface area is 145 Å². The van der Waals surface area contributed by atoms with E-state index < -0.39 is 53.5 Å². The molecular weight excluding hydrogens is 437 g/mol. The number of benzene rings is 1. The molecule has 0 aromatic heterocycles. The van der Waals surface area contributed by atoms with Gasteiger partial charge in [0.05, 0.1) is 0 Å². The molecule has 1 aromatic rings. The minimum Gasteiger partial charge on any atom is -0.316 e. The van der Waals surface area contributed by atoms with E-state index in [-0.39, 0.29) is 0 Å². The van der Waals surface area contributed by atoms with Gasteiger partial charge < -0.3 is 5.32 Å². The third-order valence-corrected chi connectivity index (χ3v) is 2.85. The van der Waals surface area contributed by atoms with Crippen molar-refractivity contribution < 1.29 is 66.6 Å². The second-order valence-corrected chi connectivity index (χ2v) is 4.83. The third kappa shape index (κ3) is 4.10. The zero-order valence-corrected chi connectivity index (χ0v) is 12.5. The minimum absolute atomic E-state index is 0.291. The first-order valence-corrected chi connectivity index (χ1v) is 6.31. The van der Waals surface area contributed by atoms with E-state index in [0.717, 1.165) is 0 Å². The molecule has 0 saturated carbocycles. The van der Waals surface area contributed by atoms with Crippen molar-refractivity contribution in [2.24, 2.45) is 0 Å². The van der Waals surface area contributed by atoms with Crippen molar-refractivity contribution in [1.82, 2.24) is 0 Å². The van der Waals surface area contributed by atoms with E-state index in [9.17, 15) is 61.9 Å². The van der Waals surface area contributed by atoms with Gasteiger partial charge in [-0.15, -0.1) is 0 Å². The molecule has 0 bridgehead atoms. The van der Waals surface area contributed by atoms with Crippen LogP contribution in [-0.2, 0) is 9.53 Å². The molecule has 1 atom stereocenters. The van der Waals surface area contributed by atoms with Gasteiger partial charge in [-0.2, -0.15) is 48.3 Å². The van der Waals surface area contributed by atoms with E-state index in [2.05, 4.69) is 0 Å². The van der Waals surface area contributed by atoms with Gasteiger partial charge in [0.2, 0.25) is 0 Å². The molecule has 0 saturated heterocycles. The fourth-order valence-electron chi connectivity index (χ4n) is 1.45. The largest absolute Gasteiger partial charge is 0.462 e. The Hall–Kier alpha value is -2.26. The van der Waals surface area contributed by atoms with Gasteiger partial charge in [-0.05, 0) is 12.1 Å². The first-order chi connectivity index (χ1) is 12.3. The molecule has 0 radical (unpaired) electrons. The number of nitrogens with one attached hydrogen (secondary N) is 1. The van der Waals surface area contributed by atoms with Crippen molar-refractivity contribution in [2.45, 2.75) is 30.2 Å². The molecule has 0 unspecified atom stereocenters. The predicted octanol–water partition coefficient (Wildman–Crippen LogP) is 4.94. The van der Waals surface area contributed by atoms with E-state index >= 15 is 0 Å². The van der Waals surface area contributed by atoms with Crippen LogP contribution in [0, 0.1) is 11.6 Å². The number of para-hydroxylation sites is 1. The summed E-state index contributed by atoms with van der Waals surface area (Å²) in [5.74, 6) is -21.2. The standard InChI is InChI=1S/C12H4F13NO2/c13-4-2-1-3-5(14)6(4)26-7(27)8(15,10(18,19)20)28-12(24,25)9(16,17)11(21,22)23/h1-3H,(H,26,27)/t8-/m0/s1. The lowest BCUT2D eigenvalue weighted by Crippen LogP contribution is -2.62. The molecule has 0 aliphatic rings. The summed E-state index contributed by atoms with van der Waals surface area (Å²) in [6.07, 6.45) is -21.5. The smallest absolute Gasteiger partial charge is 0.316 e. The maximum atomic E-state index is 13.9. The van der Waals surface area contributed by atoms with Gasteiger partial charge in [-0.3, -0.25) is 9.53 Å². The molecule has 1 amide bonds. The van der Waals surface area contributed by atoms with Crippen molar-refractivity contribution in [3.63, 3.8) is 0 Å². The molecule has 160 valence electrons. The van der Waals surface area contributed by atoms with Crippen LogP contribution >= 0.6 is 0 Å². The second kappa shape index (κ2) is 6.97. The van der Waals surface area contributed by atoms with Gasteiger partial charge in [0, 0.05) is 0 Å². The lowest BCUT2D eigenvalue weighted by atomic mass is 10.2. The zero-order valence-electron chi connectivity index (χ0n) is 12.5. The highest BCUT2D eigenvalue weighted by molar-refractivity contribution is 5.97. The van der Waals surface area contributed by atoms with Gasteiger partial charge in [0.15, 0.2) is 0 Å². The van der Waals surface area contributed by atoms with Crippen molar-refractivity contribution >= 4 is 11.6 Å². The van der Waals surface area contributed by atoms with Crippen LogP contribution in [0.25, 0.3) is 0 Å². The van der Waals surface area contributed by atoms with E-state index in [1.165, 1.54) is 0 Å². The van der Waals surface area contributed by atoms with Crippen LogP contribution in [0.2, 0.25) is 0 Å². The van der Waals surface area contributed by atoms with Crippen LogP contribution in [0.5, 0.6) is 0 Å². The van der Waals surface area contributed by atoms with Gasteiger partial charge in [-0.25, -0.2) is 8.78 Å². The number of anilines is 1. The molecule has 28 heavy (non-hydrogen) atoms. The maximum absolute atomic E-state index is 13.9. The Balaban J connectivity index is 3.39. The third-order valence-electron chi connectivity index (χ3n) is 2.85.